The molecule has 0 saturated heterocycles. The third kappa shape index (κ3) is 4.88. The second-order valence-corrected chi connectivity index (χ2v) is 4.46. The molecule has 8 heteroatoms. The van der Waals surface area contributed by atoms with Gasteiger partial charge in [0, 0.05) is 33.2 Å². The number of hydrogen-bond donors (Lipinski definition) is 3. The third-order valence-electron chi connectivity index (χ3n) is 2.89. The monoisotopic (exact) mass is 306 g/mol. The van der Waals surface area contributed by atoms with E-state index in [0.717, 1.165) is 24.9 Å². The summed E-state index contributed by atoms with van der Waals surface area (Å²) in [7, 11) is 1.74. The number of aliphatic imine (C=N–C) groups is 1. The van der Waals surface area contributed by atoms with Crippen LogP contribution in [-0.2, 0) is 11.2 Å². The zero-order valence-corrected chi connectivity index (χ0v) is 12.9. The van der Waals surface area contributed by atoms with Crippen LogP contribution in [0.4, 0.5) is 0 Å². The minimum atomic E-state index is 0.569. The van der Waals surface area contributed by atoms with Gasteiger partial charge in [-0.1, -0.05) is 0 Å². The summed E-state index contributed by atoms with van der Waals surface area (Å²) in [5.41, 5.74) is 0. The molecule has 2 aromatic heterocycles. The van der Waals surface area contributed by atoms with Gasteiger partial charge in [-0.3, -0.25) is 10.1 Å². The molecule has 120 valence electrons. The van der Waals surface area contributed by atoms with E-state index >= 15 is 0 Å². The number of aromatic amines is 1. The fraction of sp³-hybridized carbons (Fsp3) is 0.500. The molecule has 0 unspecified atom stereocenters. The molecule has 0 aliphatic heterocycles. The SMILES string of the molecule is CCOCCNC(=NC)NCCc1nc(-c2ccco2)n[nH]1. The Morgan fingerprint density at radius 1 is 1.41 bits per heavy atom. The Bertz CT molecular complexity index is 564. The van der Waals surface area contributed by atoms with Gasteiger partial charge in [0.2, 0.25) is 5.82 Å². The number of nitrogens with one attached hydrogen (secondary N) is 3. The molecule has 2 heterocycles. The number of furan rings is 1. The topological polar surface area (TPSA) is 100 Å². The van der Waals surface area contributed by atoms with Crippen molar-refractivity contribution in [3.05, 3.63) is 24.2 Å². The molecule has 0 fully saturated rings. The van der Waals surface area contributed by atoms with Gasteiger partial charge >= 0.3 is 0 Å². The van der Waals surface area contributed by atoms with Crippen LogP contribution >= 0.6 is 0 Å². The van der Waals surface area contributed by atoms with E-state index in [1.807, 2.05) is 19.1 Å². The maximum atomic E-state index is 5.26. The van der Waals surface area contributed by atoms with E-state index < -0.39 is 0 Å². The first-order valence-electron chi connectivity index (χ1n) is 7.31. The molecule has 0 bridgehead atoms. The summed E-state index contributed by atoms with van der Waals surface area (Å²) >= 11 is 0. The lowest BCUT2D eigenvalue weighted by Gasteiger charge is -2.10. The maximum absolute atomic E-state index is 5.26. The Morgan fingerprint density at radius 2 is 2.27 bits per heavy atom. The highest BCUT2D eigenvalue weighted by atomic mass is 16.5. The van der Waals surface area contributed by atoms with Gasteiger partial charge in [0.25, 0.3) is 0 Å². The first-order valence-corrected chi connectivity index (χ1v) is 7.31. The molecule has 0 radical (unpaired) electrons. The number of hydrogen-bond acceptors (Lipinski definition) is 5. The minimum Gasteiger partial charge on any atom is -0.461 e. The van der Waals surface area contributed by atoms with Crippen molar-refractivity contribution in [1.29, 1.82) is 0 Å². The molecule has 0 atom stereocenters. The van der Waals surface area contributed by atoms with Gasteiger partial charge in [0.1, 0.15) is 5.82 Å². The molecular weight excluding hydrogens is 284 g/mol. The zero-order chi connectivity index (χ0) is 15.6. The fourth-order valence-electron chi connectivity index (χ4n) is 1.83. The highest BCUT2D eigenvalue weighted by Crippen LogP contribution is 2.14. The predicted octanol–water partition coefficient (Wildman–Crippen LogP) is 0.809. The van der Waals surface area contributed by atoms with Crippen LogP contribution in [0.5, 0.6) is 0 Å². The van der Waals surface area contributed by atoms with Gasteiger partial charge in [-0.25, -0.2) is 4.98 Å². The minimum absolute atomic E-state index is 0.569. The van der Waals surface area contributed by atoms with Crippen LogP contribution in [-0.4, -0.2) is 54.5 Å². The van der Waals surface area contributed by atoms with Crippen molar-refractivity contribution in [3.63, 3.8) is 0 Å². The highest BCUT2D eigenvalue weighted by Gasteiger charge is 2.08. The van der Waals surface area contributed by atoms with E-state index in [9.17, 15) is 0 Å². The van der Waals surface area contributed by atoms with Crippen molar-refractivity contribution in [2.45, 2.75) is 13.3 Å². The Morgan fingerprint density at radius 3 is 3.00 bits per heavy atom. The molecule has 0 spiro atoms. The largest absolute Gasteiger partial charge is 0.461 e. The summed E-state index contributed by atoms with van der Waals surface area (Å²) in [5, 5.41) is 13.4. The molecule has 0 aliphatic carbocycles. The lowest BCUT2D eigenvalue weighted by Crippen LogP contribution is -2.39. The summed E-state index contributed by atoms with van der Waals surface area (Å²) in [6.07, 6.45) is 2.31. The van der Waals surface area contributed by atoms with Gasteiger partial charge in [0.05, 0.1) is 12.9 Å². The standard InChI is InChI=1S/C14H22N6O2/c1-3-21-10-8-17-14(15-2)16-7-6-12-18-13(20-19-12)11-5-4-9-22-11/h4-5,9H,3,6-8,10H2,1-2H3,(H2,15,16,17)(H,18,19,20). The van der Waals surface area contributed by atoms with Crippen LogP contribution < -0.4 is 10.6 Å². The first kappa shape index (κ1) is 16.0. The van der Waals surface area contributed by atoms with Crippen LogP contribution in [0.15, 0.2) is 27.8 Å². The molecule has 2 rings (SSSR count). The number of rotatable bonds is 8. The van der Waals surface area contributed by atoms with Gasteiger partial charge in [-0.15, -0.1) is 0 Å². The lowest BCUT2D eigenvalue weighted by molar-refractivity contribution is 0.152. The van der Waals surface area contributed by atoms with E-state index in [0.29, 0.717) is 31.2 Å². The van der Waals surface area contributed by atoms with Gasteiger partial charge in [-0.05, 0) is 19.1 Å². The average Bonchev–Trinajstić information content (AvgIpc) is 3.20. The molecule has 8 nitrogen and oxygen atoms in total. The molecule has 0 saturated carbocycles. The van der Waals surface area contributed by atoms with E-state index in [2.05, 4.69) is 30.8 Å². The number of nitrogens with zero attached hydrogens (tertiary/aromatic N) is 3. The second kappa shape index (κ2) is 8.83. The lowest BCUT2D eigenvalue weighted by atomic mass is 10.4. The second-order valence-electron chi connectivity index (χ2n) is 4.46. The molecule has 22 heavy (non-hydrogen) atoms. The summed E-state index contributed by atoms with van der Waals surface area (Å²) in [6.45, 7) is 4.77. The Labute approximate surface area is 129 Å². The number of aromatic nitrogens is 3. The van der Waals surface area contributed by atoms with Crippen molar-refractivity contribution in [1.82, 2.24) is 25.8 Å². The maximum Gasteiger partial charge on any atom is 0.216 e. The van der Waals surface area contributed by atoms with Crippen molar-refractivity contribution in [2.75, 3.05) is 33.4 Å². The number of H-pyrrole nitrogens is 1. The van der Waals surface area contributed by atoms with Gasteiger partial charge in [0.15, 0.2) is 11.7 Å². The molecule has 3 N–H and O–H groups in total. The molecule has 0 aromatic carbocycles. The van der Waals surface area contributed by atoms with Crippen LogP contribution in [0.1, 0.15) is 12.7 Å². The molecule has 2 aromatic rings. The smallest absolute Gasteiger partial charge is 0.216 e. The molecular formula is C14H22N6O2. The highest BCUT2D eigenvalue weighted by molar-refractivity contribution is 5.79. The van der Waals surface area contributed by atoms with E-state index in [4.69, 9.17) is 9.15 Å². The van der Waals surface area contributed by atoms with Crippen molar-refractivity contribution < 1.29 is 9.15 Å². The summed E-state index contributed by atoms with van der Waals surface area (Å²) in [6, 6.07) is 3.64. The summed E-state index contributed by atoms with van der Waals surface area (Å²) < 4.78 is 10.5. The average molecular weight is 306 g/mol. The van der Waals surface area contributed by atoms with Crippen molar-refractivity contribution >= 4 is 5.96 Å². The van der Waals surface area contributed by atoms with Crippen LogP contribution in [0.2, 0.25) is 0 Å². The first-order chi connectivity index (χ1) is 10.8. The van der Waals surface area contributed by atoms with Crippen LogP contribution in [0.25, 0.3) is 11.6 Å². The van der Waals surface area contributed by atoms with E-state index in [1.54, 1.807) is 13.3 Å². The number of ether oxygens (including phenoxy) is 1. The van der Waals surface area contributed by atoms with E-state index in [1.165, 1.54) is 0 Å². The molecule has 0 aliphatic rings. The normalized spacial score (nSPS) is 11.6. The van der Waals surface area contributed by atoms with Gasteiger partial charge in [-0.2, -0.15) is 5.10 Å². The Balaban J connectivity index is 1.71. The quantitative estimate of drug-likeness (QED) is 0.379. The fourth-order valence-corrected chi connectivity index (χ4v) is 1.83. The zero-order valence-electron chi connectivity index (χ0n) is 12.9. The summed E-state index contributed by atoms with van der Waals surface area (Å²) in [5.74, 6) is 2.76. The summed E-state index contributed by atoms with van der Waals surface area (Å²) in [4.78, 5) is 8.52. The third-order valence-corrected chi connectivity index (χ3v) is 2.89. The Kier molecular flexibility index (Phi) is 6.43. The van der Waals surface area contributed by atoms with Crippen LogP contribution in [0, 0.1) is 0 Å². The van der Waals surface area contributed by atoms with Crippen molar-refractivity contribution in [2.24, 2.45) is 4.99 Å². The van der Waals surface area contributed by atoms with E-state index in [-0.39, 0.29) is 0 Å². The van der Waals surface area contributed by atoms with Crippen molar-refractivity contribution in [3.8, 4) is 11.6 Å². The van der Waals surface area contributed by atoms with Gasteiger partial charge < -0.3 is 19.8 Å². The molecule has 0 amide bonds. The predicted molar refractivity (Wildman–Crippen MR) is 83.6 cm³/mol. The number of guanidine groups is 1. The van der Waals surface area contributed by atoms with Crippen LogP contribution in [0.3, 0.4) is 0 Å². The Hall–Kier alpha value is -2.35.